The Morgan fingerprint density at radius 1 is 1.20 bits per heavy atom. The van der Waals surface area contributed by atoms with E-state index in [1.54, 1.807) is 0 Å². The number of hydrogen-bond donors (Lipinski definition) is 1. The van der Waals surface area contributed by atoms with Crippen molar-refractivity contribution in [1.82, 2.24) is 0 Å². The number of anilines is 1. The first-order valence-electron chi connectivity index (χ1n) is 3.74. The minimum atomic E-state index is -0.749. The van der Waals surface area contributed by atoms with Gasteiger partial charge in [-0.2, -0.15) is 0 Å². The van der Waals surface area contributed by atoms with Crippen LogP contribution < -0.4 is 5.73 Å². The Balaban J connectivity index is 3.52. The minimum absolute atomic E-state index is 0.0396. The number of nitrogens with two attached hydrogens (primary N) is 1. The third kappa shape index (κ3) is 2.13. The number of nitro benzene ring substituents is 2. The summed E-state index contributed by atoms with van der Waals surface area (Å²) in [5.74, 6) is -0.313. The molecule has 1 aromatic carbocycles. The maximum absolute atomic E-state index is 10.6. The van der Waals surface area contributed by atoms with Gasteiger partial charge in [-0.25, -0.2) is 0 Å². The molecule has 0 aliphatic rings. The van der Waals surface area contributed by atoms with Crippen molar-refractivity contribution in [3.63, 3.8) is 0 Å². The summed E-state index contributed by atoms with van der Waals surface area (Å²) in [7, 11) is 0. The second-order valence-electron chi connectivity index (χ2n) is 2.69. The van der Waals surface area contributed by atoms with Crippen molar-refractivity contribution < 1.29 is 9.85 Å². The minimum Gasteiger partial charge on any atom is -0.398 e. The second-order valence-corrected chi connectivity index (χ2v) is 2.95. The highest BCUT2D eigenvalue weighted by atomic mass is 35.5. The highest BCUT2D eigenvalue weighted by Gasteiger charge is 2.25. The van der Waals surface area contributed by atoms with Crippen LogP contribution in [0.15, 0.2) is 12.1 Å². The van der Waals surface area contributed by atoms with E-state index < -0.39 is 21.2 Å². The maximum atomic E-state index is 10.6. The largest absolute Gasteiger partial charge is 0.398 e. The van der Waals surface area contributed by atoms with Gasteiger partial charge in [0.2, 0.25) is 0 Å². The van der Waals surface area contributed by atoms with Gasteiger partial charge in [0.1, 0.15) is 5.56 Å². The fourth-order valence-electron chi connectivity index (χ4n) is 1.13. The molecule has 0 fully saturated rings. The van der Waals surface area contributed by atoms with Crippen molar-refractivity contribution in [3.8, 4) is 0 Å². The molecule has 0 saturated heterocycles. The summed E-state index contributed by atoms with van der Waals surface area (Å²) in [6.07, 6.45) is 0. The Morgan fingerprint density at radius 3 is 1.87 bits per heavy atom. The summed E-state index contributed by atoms with van der Waals surface area (Å²) < 4.78 is 0. The van der Waals surface area contributed by atoms with Crippen LogP contribution in [0, 0.1) is 20.2 Å². The fourth-order valence-corrected chi connectivity index (χ4v) is 1.40. The van der Waals surface area contributed by atoms with Crippen molar-refractivity contribution in [2.45, 2.75) is 5.88 Å². The Hall–Kier alpha value is -1.89. The van der Waals surface area contributed by atoms with Crippen LogP contribution in [-0.2, 0) is 5.88 Å². The molecule has 0 aliphatic carbocycles. The predicted octanol–water partition coefficient (Wildman–Crippen LogP) is 1.82. The molecule has 8 heteroatoms. The number of halogens is 1. The highest BCUT2D eigenvalue weighted by molar-refractivity contribution is 6.17. The molecule has 0 atom stereocenters. The van der Waals surface area contributed by atoms with Gasteiger partial charge in [0.05, 0.1) is 15.7 Å². The fraction of sp³-hybridized carbons (Fsp3) is 0.143. The van der Waals surface area contributed by atoms with Crippen molar-refractivity contribution in [1.29, 1.82) is 0 Å². The summed E-state index contributed by atoms with van der Waals surface area (Å²) >= 11 is 5.43. The third-order valence-electron chi connectivity index (χ3n) is 1.75. The Labute approximate surface area is 88.7 Å². The highest BCUT2D eigenvalue weighted by Crippen LogP contribution is 2.32. The van der Waals surface area contributed by atoms with E-state index in [2.05, 4.69) is 0 Å². The van der Waals surface area contributed by atoms with Crippen LogP contribution >= 0.6 is 11.6 Å². The lowest BCUT2D eigenvalue weighted by Crippen LogP contribution is -2.01. The monoisotopic (exact) mass is 231 g/mol. The molecule has 2 N–H and O–H groups in total. The van der Waals surface area contributed by atoms with Crippen LogP contribution in [0.5, 0.6) is 0 Å². The number of hydrogen-bond acceptors (Lipinski definition) is 5. The average Bonchev–Trinajstić information content (AvgIpc) is 2.16. The molecule has 0 heterocycles. The normalized spacial score (nSPS) is 9.93. The number of nitrogen functional groups attached to an aromatic ring is 1. The van der Waals surface area contributed by atoms with E-state index in [0.717, 1.165) is 12.1 Å². The van der Waals surface area contributed by atoms with Gasteiger partial charge in [-0.05, 0) is 0 Å². The smallest absolute Gasteiger partial charge is 0.282 e. The topological polar surface area (TPSA) is 112 Å². The van der Waals surface area contributed by atoms with Crippen molar-refractivity contribution in [2.24, 2.45) is 0 Å². The van der Waals surface area contributed by atoms with Gasteiger partial charge in [0.25, 0.3) is 11.4 Å². The lowest BCUT2D eigenvalue weighted by Gasteiger charge is -2.01. The zero-order valence-electron chi connectivity index (χ0n) is 7.34. The summed E-state index contributed by atoms with van der Waals surface area (Å²) in [4.78, 5) is 19.7. The first-order valence-corrected chi connectivity index (χ1v) is 4.28. The summed E-state index contributed by atoms with van der Waals surface area (Å²) in [5, 5.41) is 21.2. The molecule has 0 aromatic heterocycles. The molecule has 7 nitrogen and oxygen atoms in total. The standard InChI is InChI=1S/C7H6ClN3O4/c8-3-5-6(10(12)13)1-4(9)2-7(5)11(14)15/h1-2H,3,9H2. The second kappa shape index (κ2) is 4.09. The number of rotatable bonds is 3. The van der Waals surface area contributed by atoms with Crippen LogP contribution in [0.25, 0.3) is 0 Å². The van der Waals surface area contributed by atoms with Crippen LogP contribution in [0.4, 0.5) is 17.1 Å². The number of nitro groups is 2. The van der Waals surface area contributed by atoms with E-state index in [1.807, 2.05) is 0 Å². The Kier molecular flexibility index (Phi) is 3.05. The van der Waals surface area contributed by atoms with Gasteiger partial charge in [0.15, 0.2) is 0 Å². The number of benzene rings is 1. The molecule has 0 spiro atoms. The van der Waals surface area contributed by atoms with Gasteiger partial charge in [-0.3, -0.25) is 20.2 Å². The lowest BCUT2D eigenvalue weighted by molar-refractivity contribution is -0.395. The summed E-state index contributed by atoms with van der Waals surface area (Å²) in [6, 6.07) is 2.09. The number of alkyl halides is 1. The van der Waals surface area contributed by atoms with E-state index in [0.29, 0.717) is 0 Å². The van der Waals surface area contributed by atoms with Crippen molar-refractivity contribution in [3.05, 3.63) is 37.9 Å². The zero-order chi connectivity index (χ0) is 11.6. The van der Waals surface area contributed by atoms with Crippen molar-refractivity contribution in [2.75, 3.05) is 5.73 Å². The molecule has 1 aromatic rings. The van der Waals surface area contributed by atoms with E-state index in [-0.39, 0.29) is 17.1 Å². The van der Waals surface area contributed by atoms with Crippen LogP contribution in [0.3, 0.4) is 0 Å². The molecule has 0 aliphatic heterocycles. The van der Waals surface area contributed by atoms with Gasteiger partial charge < -0.3 is 5.73 Å². The zero-order valence-corrected chi connectivity index (χ0v) is 8.10. The molecular formula is C7H6ClN3O4. The van der Waals surface area contributed by atoms with E-state index in [9.17, 15) is 20.2 Å². The van der Waals surface area contributed by atoms with E-state index >= 15 is 0 Å². The Morgan fingerprint density at radius 2 is 1.60 bits per heavy atom. The Bertz CT molecular complexity index is 399. The molecule has 0 bridgehead atoms. The lowest BCUT2D eigenvalue weighted by atomic mass is 10.1. The molecule has 15 heavy (non-hydrogen) atoms. The van der Waals surface area contributed by atoms with Crippen LogP contribution in [0.1, 0.15) is 5.56 Å². The third-order valence-corrected chi connectivity index (χ3v) is 2.02. The molecule has 0 saturated carbocycles. The van der Waals surface area contributed by atoms with E-state index in [1.165, 1.54) is 0 Å². The maximum Gasteiger partial charge on any atom is 0.282 e. The van der Waals surface area contributed by atoms with E-state index in [4.69, 9.17) is 17.3 Å². The molecule has 0 amide bonds. The molecule has 1 rings (SSSR count). The average molecular weight is 232 g/mol. The SMILES string of the molecule is Nc1cc([N+](=O)[O-])c(CCl)c([N+](=O)[O-])c1. The van der Waals surface area contributed by atoms with Gasteiger partial charge in [-0.1, -0.05) is 0 Å². The first kappa shape index (κ1) is 11.2. The van der Waals surface area contributed by atoms with Gasteiger partial charge >= 0.3 is 0 Å². The molecule has 0 unspecified atom stereocenters. The summed E-state index contributed by atoms with van der Waals surface area (Å²) in [6.45, 7) is 0. The van der Waals surface area contributed by atoms with Crippen LogP contribution in [-0.4, -0.2) is 9.85 Å². The quantitative estimate of drug-likeness (QED) is 0.369. The summed E-state index contributed by atoms with van der Waals surface area (Å²) in [5.41, 5.74) is 4.26. The van der Waals surface area contributed by atoms with Gasteiger partial charge in [-0.15, -0.1) is 11.6 Å². The van der Waals surface area contributed by atoms with Gasteiger partial charge in [0, 0.05) is 17.8 Å². The first-order chi connectivity index (χ1) is 6.97. The van der Waals surface area contributed by atoms with Crippen LogP contribution in [0.2, 0.25) is 0 Å². The molecular weight excluding hydrogens is 226 g/mol. The molecule has 80 valence electrons. The molecule has 0 radical (unpaired) electrons. The van der Waals surface area contributed by atoms with Crippen molar-refractivity contribution >= 4 is 28.7 Å². The predicted molar refractivity (Wildman–Crippen MR) is 53.7 cm³/mol. The number of nitrogens with zero attached hydrogens (tertiary/aromatic N) is 2.